The predicted molar refractivity (Wildman–Crippen MR) is 112 cm³/mol. The van der Waals surface area contributed by atoms with Crippen LogP contribution in [0.15, 0.2) is 59.7 Å². The molecule has 0 saturated carbocycles. The summed E-state index contributed by atoms with van der Waals surface area (Å²) in [5, 5.41) is 6.92. The molecule has 0 radical (unpaired) electrons. The van der Waals surface area contributed by atoms with Crippen molar-refractivity contribution >= 4 is 5.96 Å². The number of aliphatic imine (C=N–C) groups is 1. The van der Waals surface area contributed by atoms with Gasteiger partial charge in [-0.15, -0.1) is 0 Å². The lowest BCUT2D eigenvalue weighted by molar-refractivity contribution is 0.141. The molecule has 1 aromatic heterocycles. The average Bonchev–Trinajstić information content (AvgIpc) is 2.73. The maximum atomic E-state index is 4.37. The zero-order chi connectivity index (χ0) is 18.7. The molecule has 3 rings (SSSR count). The molecule has 1 fully saturated rings. The van der Waals surface area contributed by atoms with E-state index in [4.69, 9.17) is 0 Å². The Bertz CT molecular complexity index is 686. The quantitative estimate of drug-likeness (QED) is 0.585. The smallest absolute Gasteiger partial charge is 0.191 e. The largest absolute Gasteiger partial charge is 0.356 e. The van der Waals surface area contributed by atoms with Gasteiger partial charge < -0.3 is 10.6 Å². The molecular formula is C22H31N5. The zero-order valence-corrected chi connectivity index (χ0v) is 16.3. The maximum Gasteiger partial charge on any atom is 0.191 e. The van der Waals surface area contributed by atoms with Crippen molar-refractivity contribution in [3.63, 3.8) is 0 Å². The molecule has 1 aliphatic heterocycles. The van der Waals surface area contributed by atoms with Gasteiger partial charge >= 0.3 is 0 Å². The second-order valence-corrected chi connectivity index (χ2v) is 7.06. The van der Waals surface area contributed by atoms with Crippen LogP contribution in [0.4, 0.5) is 0 Å². The highest BCUT2D eigenvalue weighted by Gasteiger charge is 2.22. The molecule has 0 spiro atoms. The summed E-state index contributed by atoms with van der Waals surface area (Å²) in [4.78, 5) is 11.3. The molecule has 5 nitrogen and oxygen atoms in total. The molecule has 2 N–H and O–H groups in total. The minimum Gasteiger partial charge on any atom is -0.356 e. The summed E-state index contributed by atoms with van der Waals surface area (Å²) in [6, 6.07) is 17.4. The standard InChI is InChI=1S/C22H31N5/c1-23-22(25-15-13-20-11-5-7-14-24-20)26-17-21-12-6-8-16-27(21)18-19-9-3-2-4-10-19/h2-5,7,9-11,14,21H,6,8,12-13,15-18H2,1H3,(H2,23,25,26). The van der Waals surface area contributed by atoms with Crippen LogP contribution in [-0.4, -0.2) is 48.6 Å². The monoisotopic (exact) mass is 365 g/mol. The summed E-state index contributed by atoms with van der Waals surface area (Å²) >= 11 is 0. The minimum atomic E-state index is 0.549. The van der Waals surface area contributed by atoms with Gasteiger partial charge in [0.2, 0.25) is 0 Å². The van der Waals surface area contributed by atoms with Crippen molar-refractivity contribution in [2.24, 2.45) is 4.99 Å². The number of piperidine rings is 1. The second-order valence-electron chi connectivity index (χ2n) is 7.06. The zero-order valence-electron chi connectivity index (χ0n) is 16.3. The van der Waals surface area contributed by atoms with E-state index in [0.29, 0.717) is 6.04 Å². The number of aromatic nitrogens is 1. The van der Waals surface area contributed by atoms with E-state index in [9.17, 15) is 0 Å². The van der Waals surface area contributed by atoms with Crippen LogP contribution in [0.3, 0.4) is 0 Å². The number of guanidine groups is 1. The number of hydrogen-bond acceptors (Lipinski definition) is 3. The van der Waals surface area contributed by atoms with Crippen LogP contribution in [0.5, 0.6) is 0 Å². The van der Waals surface area contributed by atoms with Crippen molar-refractivity contribution in [2.75, 3.05) is 26.7 Å². The molecule has 1 unspecified atom stereocenters. The number of likely N-dealkylation sites (tertiary alicyclic amines) is 1. The Labute approximate surface area is 162 Å². The van der Waals surface area contributed by atoms with E-state index >= 15 is 0 Å². The lowest BCUT2D eigenvalue weighted by atomic mass is 10.0. The Morgan fingerprint density at radius 2 is 1.96 bits per heavy atom. The fourth-order valence-electron chi connectivity index (χ4n) is 3.61. The molecule has 0 aliphatic carbocycles. The van der Waals surface area contributed by atoms with Crippen LogP contribution >= 0.6 is 0 Å². The van der Waals surface area contributed by atoms with Crippen LogP contribution in [0.1, 0.15) is 30.5 Å². The number of nitrogens with zero attached hydrogens (tertiary/aromatic N) is 3. The molecule has 2 heterocycles. The van der Waals surface area contributed by atoms with Crippen LogP contribution in [-0.2, 0) is 13.0 Å². The van der Waals surface area contributed by atoms with Gasteiger partial charge in [-0.3, -0.25) is 14.9 Å². The maximum absolute atomic E-state index is 4.37. The summed E-state index contributed by atoms with van der Waals surface area (Å²) in [5.74, 6) is 0.871. The first-order valence-corrected chi connectivity index (χ1v) is 9.97. The SMILES string of the molecule is CN=C(NCCc1ccccn1)NCC1CCCCN1Cc1ccccc1. The van der Waals surface area contributed by atoms with E-state index in [1.165, 1.54) is 31.4 Å². The highest BCUT2D eigenvalue weighted by molar-refractivity contribution is 5.79. The van der Waals surface area contributed by atoms with Crippen molar-refractivity contribution in [1.82, 2.24) is 20.5 Å². The first-order chi connectivity index (χ1) is 13.3. The first kappa shape index (κ1) is 19.4. The first-order valence-electron chi connectivity index (χ1n) is 9.97. The third-order valence-corrected chi connectivity index (χ3v) is 5.11. The van der Waals surface area contributed by atoms with E-state index in [-0.39, 0.29) is 0 Å². The van der Waals surface area contributed by atoms with Gasteiger partial charge in [0.1, 0.15) is 0 Å². The summed E-state index contributed by atoms with van der Waals surface area (Å²) < 4.78 is 0. The molecule has 1 aliphatic rings. The Hall–Kier alpha value is -2.40. The van der Waals surface area contributed by atoms with Crippen LogP contribution in [0.2, 0.25) is 0 Å². The number of pyridine rings is 1. The number of hydrogen-bond donors (Lipinski definition) is 2. The molecule has 2 aromatic rings. The van der Waals surface area contributed by atoms with Gasteiger partial charge in [0.25, 0.3) is 0 Å². The van der Waals surface area contributed by atoms with Gasteiger partial charge in [0, 0.05) is 51.0 Å². The number of rotatable bonds is 7. The Kier molecular flexibility index (Phi) is 7.66. The van der Waals surface area contributed by atoms with Crippen LogP contribution in [0, 0.1) is 0 Å². The Morgan fingerprint density at radius 1 is 1.11 bits per heavy atom. The molecule has 0 amide bonds. The molecule has 1 atom stereocenters. The molecule has 27 heavy (non-hydrogen) atoms. The molecule has 144 valence electrons. The van der Waals surface area contributed by atoms with Gasteiger partial charge in [-0.1, -0.05) is 42.8 Å². The Morgan fingerprint density at radius 3 is 2.74 bits per heavy atom. The number of nitrogens with one attached hydrogen (secondary N) is 2. The second kappa shape index (κ2) is 10.7. The van der Waals surface area contributed by atoms with E-state index in [1.807, 2.05) is 25.4 Å². The normalized spacial score (nSPS) is 18.3. The third-order valence-electron chi connectivity index (χ3n) is 5.11. The van der Waals surface area contributed by atoms with Crippen LogP contribution in [0.25, 0.3) is 0 Å². The molecule has 1 saturated heterocycles. The van der Waals surface area contributed by atoms with E-state index < -0.39 is 0 Å². The van der Waals surface area contributed by atoms with E-state index in [2.05, 4.69) is 61.9 Å². The molecule has 0 bridgehead atoms. The van der Waals surface area contributed by atoms with Crippen molar-refractivity contribution in [1.29, 1.82) is 0 Å². The lowest BCUT2D eigenvalue weighted by Crippen LogP contribution is -2.49. The highest BCUT2D eigenvalue weighted by Crippen LogP contribution is 2.19. The van der Waals surface area contributed by atoms with Crippen LogP contribution < -0.4 is 10.6 Å². The van der Waals surface area contributed by atoms with E-state index in [0.717, 1.165) is 37.7 Å². The molecular weight excluding hydrogens is 334 g/mol. The van der Waals surface area contributed by atoms with Gasteiger partial charge in [-0.25, -0.2) is 0 Å². The van der Waals surface area contributed by atoms with Crippen molar-refractivity contribution in [3.05, 3.63) is 66.0 Å². The van der Waals surface area contributed by atoms with E-state index in [1.54, 1.807) is 0 Å². The Balaban J connectivity index is 1.45. The topological polar surface area (TPSA) is 52.6 Å². The van der Waals surface area contributed by atoms with Gasteiger partial charge in [-0.05, 0) is 37.1 Å². The highest BCUT2D eigenvalue weighted by atomic mass is 15.2. The summed E-state index contributed by atoms with van der Waals surface area (Å²) in [7, 11) is 1.83. The fourth-order valence-corrected chi connectivity index (χ4v) is 3.61. The summed E-state index contributed by atoms with van der Waals surface area (Å²) in [6.45, 7) is 3.96. The predicted octanol–water partition coefficient (Wildman–Crippen LogP) is 2.84. The van der Waals surface area contributed by atoms with Crippen molar-refractivity contribution in [3.8, 4) is 0 Å². The van der Waals surface area contributed by atoms with Crippen molar-refractivity contribution in [2.45, 2.75) is 38.3 Å². The summed E-state index contributed by atoms with van der Waals surface area (Å²) in [5.41, 5.74) is 2.49. The van der Waals surface area contributed by atoms with Gasteiger partial charge in [0.15, 0.2) is 5.96 Å². The van der Waals surface area contributed by atoms with Gasteiger partial charge in [0.05, 0.1) is 0 Å². The van der Waals surface area contributed by atoms with Gasteiger partial charge in [-0.2, -0.15) is 0 Å². The lowest BCUT2D eigenvalue weighted by Gasteiger charge is -2.36. The molecule has 5 heteroatoms. The number of benzene rings is 1. The fraction of sp³-hybridized carbons (Fsp3) is 0.455. The summed E-state index contributed by atoms with van der Waals surface area (Å²) in [6.07, 6.45) is 6.58. The molecule has 1 aromatic carbocycles. The van der Waals surface area contributed by atoms with Crippen molar-refractivity contribution < 1.29 is 0 Å². The minimum absolute atomic E-state index is 0.549. The third kappa shape index (κ3) is 6.36. The average molecular weight is 366 g/mol.